The minimum absolute atomic E-state index is 0.0852. The summed E-state index contributed by atoms with van der Waals surface area (Å²) in [5.41, 5.74) is 7.44. The molecule has 1 amide bonds. The van der Waals surface area contributed by atoms with Crippen molar-refractivity contribution in [2.75, 3.05) is 24.1 Å². The predicted molar refractivity (Wildman–Crippen MR) is 116 cm³/mol. The molecule has 10 heteroatoms. The first-order chi connectivity index (χ1) is 15.0. The van der Waals surface area contributed by atoms with Gasteiger partial charge in [0.15, 0.2) is 0 Å². The number of rotatable bonds is 4. The van der Waals surface area contributed by atoms with Crippen LogP contribution in [0.2, 0.25) is 5.02 Å². The van der Waals surface area contributed by atoms with Crippen molar-refractivity contribution in [1.29, 1.82) is 0 Å². The molecule has 0 bridgehead atoms. The Morgan fingerprint density at radius 2 is 2.10 bits per heavy atom. The number of nitrogens with one attached hydrogen (secondary N) is 2. The minimum atomic E-state index is -0.605. The van der Waals surface area contributed by atoms with Gasteiger partial charge in [-0.25, -0.2) is 14.4 Å². The number of nitrogens with two attached hydrogens (primary N) is 1. The molecule has 5 rings (SSSR count). The summed E-state index contributed by atoms with van der Waals surface area (Å²) in [6.45, 7) is 1.45. The van der Waals surface area contributed by atoms with Crippen LogP contribution in [0.15, 0.2) is 48.8 Å². The molecule has 4 heterocycles. The number of halogens is 2. The molecule has 0 atom stereocenters. The number of carbonyl (C=O) groups excluding carboxylic acids is 1. The first kappa shape index (κ1) is 19.4. The molecule has 156 valence electrons. The normalized spacial score (nSPS) is 13.9. The van der Waals surface area contributed by atoms with Gasteiger partial charge in [0.2, 0.25) is 0 Å². The van der Waals surface area contributed by atoms with Gasteiger partial charge >= 0.3 is 0 Å². The molecule has 1 fully saturated rings. The van der Waals surface area contributed by atoms with E-state index in [4.69, 9.17) is 17.3 Å². The molecule has 31 heavy (non-hydrogen) atoms. The van der Waals surface area contributed by atoms with Crippen LogP contribution in [0.25, 0.3) is 22.2 Å². The molecule has 0 aliphatic carbocycles. The van der Waals surface area contributed by atoms with Gasteiger partial charge in [0, 0.05) is 30.4 Å². The van der Waals surface area contributed by atoms with Gasteiger partial charge in [-0.3, -0.25) is 9.48 Å². The molecule has 0 radical (unpaired) electrons. The van der Waals surface area contributed by atoms with Gasteiger partial charge in [-0.05, 0) is 30.3 Å². The fourth-order valence-electron chi connectivity index (χ4n) is 3.53. The SMILES string of the molecule is Nc1ncc(Cl)c2c1c(-c1ccc(C(=O)Nc3ccccn3)cc1F)nn2C1CNC1. The number of amides is 1. The van der Waals surface area contributed by atoms with Crippen molar-refractivity contribution in [3.8, 4) is 11.3 Å². The molecule has 1 aromatic carbocycles. The Morgan fingerprint density at radius 3 is 2.77 bits per heavy atom. The second-order valence-corrected chi connectivity index (χ2v) is 7.59. The number of pyridine rings is 2. The van der Waals surface area contributed by atoms with Crippen molar-refractivity contribution in [2.24, 2.45) is 0 Å². The average Bonchev–Trinajstić information content (AvgIpc) is 3.11. The molecule has 1 aliphatic heterocycles. The summed E-state index contributed by atoms with van der Waals surface area (Å²) in [7, 11) is 0. The summed E-state index contributed by atoms with van der Waals surface area (Å²) in [6.07, 6.45) is 3.02. The molecule has 4 aromatic rings. The summed E-state index contributed by atoms with van der Waals surface area (Å²) < 4.78 is 16.9. The van der Waals surface area contributed by atoms with Crippen molar-refractivity contribution in [3.63, 3.8) is 0 Å². The van der Waals surface area contributed by atoms with Crippen molar-refractivity contribution in [2.45, 2.75) is 6.04 Å². The molecule has 8 nitrogen and oxygen atoms in total. The van der Waals surface area contributed by atoms with Crippen LogP contribution in [0.3, 0.4) is 0 Å². The Kier molecular flexibility index (Phi) is 4.76. The first-order valence-electron chi connectivity index (χ1n) is 9.58. The van der Waals surface area contributed by atoms with Crippen molar-refractivity contribution in [1.82, 2.24) is 25.1 Å². The lowest BCUT2D eigenvalue weighted by Crippen LogP contribution is -2.43. The zero-order chi connectivity index (χ0) is 21.5. The van der Waals surface area contributed by atoms with Crippen LogP contribution in [0, 0.1) is 5.82 Å². The summed E-state index contributed by atoms with van der Waals surface area (Å²) in [5.74, 6) is -0.482. The number of nitrogen functional groups attached to an aromatic ring is 1. The van der Waals surface area contributed by atoms with Crippen molar-refractivity contribution < 1.29 is 9.18 Å². The highest BCUT2D eigenvalue weighted by molar-refractivity contribution is 6.35. The third kappa shape index (κ3) is 3.37. The second kappa shape index (κ2) is 7.60. The van der Waals surface area contributed by atoms with Crippen LogP contribution >= 0.6 is 11.6 Å². The number of nitrogens with zero attached hydrogens (tertiary/aromatic N) is 4. The number of hydrogen-bond acceptors (Lipinski definition) is 6. The maximum atomic E-state index is 15.1. The highest BCUT2D eigenvalue weighted by Crippen LogP contribution is 2.38. The average molecular weight is 438 g/mol. The zero-order valence-corrected chi connectivity index (χ0v) is 16.9. The smallest absolute Gasteiger partial charge is 0.256 e. The molecule has 4 N–H and O–H groups in total. The van der Waals surface area contributed by atoms with E-state index < -0.39 is 11.7 Å². The number of benzene rings is 1. The Morgan fingerprint density at radius 1 is 1.26 bits per heavy atom. The summed E-state index contributed by atoms with van der Waals surface area (Å²) >= 11 is 6.39. The Hall–Kier alpha value is -3.56. The van der Waals surface area contributed by atoms with Gasteiger partial charge in [0.1, 0.15) is 23.1 Å². The highest BCUT2D eigenvalue weighted by atomic mass is 35.5. The molecule has 3 aromatic heterocycles. The van der Waals surface area contributed by atoms with Gasteiger partial charge < -0.3 is 16.4 Å². The molecule has 0 saturated carbocycles. The quantitative estimate of drug-likeness (QED) is 0.452. The lowest BCUT2D eigenvalue weighted by Gasteiger charge is -2.28. The van der Waals surface area contributed by atoms with E-state index in [9.17, 15) is 4.79 Å². The molecular formula is C21H17ClFN7O. The molecular weight excluding hydrogens is 421 g/mol. The van der Waals surface area contributed by atoms with E-state index in [0.717, 1.165) is 19.2 Å². The van der Waals surface area contributed by atoms with E-state index >= 15 is 4.39 Å². The van der Waals surface area contributed by atoms with Gasteiger partial charge in [-0.15, -0.1) is 0 Å². The standard InChI is InChI=1S/C21H17ClFN7O/c22-14-10-27-20(24)17-18(29-30(19(14)17)12-8-25-9-12)13-5-4-11(7-15(13)23)21(31)28-16-3-1-2-6-26-16/h1-7,10,12,25H,8-9H2,(H2,24,27)(H,26,28,31). The van der Waals surface area contributed by atoms with E-state index in [1.807, 2.05) is 0 Å². The predicted octanol–water partition coefficient (Wildman–Crippen LogP) is 3.26. The van der Waals surface area contributed by atoms with E-state index in [-0.39, 0.29) is 23.0 Å². The van der Waals surface area contributed by atoms with Crippen LogP contribution in [-0.4, -0.2) is 38.7 Å². The molecule has 0 unspecified atom stereocenters. The summed E-state index contributed by atoms with van der Waals surface area (Å²) in [4.78, 5) is 20.6. The monoisotopic (exact) mass is 437 g/mol. The first-order valence-corrected chi connectivity index (χ1v) is 9.96. The summed E-state index contributed by atoms with van der Waals surface area (Å²) in [6, 6.07) is 9.42. The Balaban J connectivity index is 1.56. The highest BCUT2D eigenvalue weighted by Gasteiger charge is 2.27. The van der Waals surface area contributed by atoms with Crippen LogP contribution in [-0.2, 0) is 0 Å². The number of hydrogen-bond donors (Lipinski definition) is 3. The number of fused-ring (bicyclic) bond motifs is 1. The van der Waals surface area contributed by atoms with E-state index in [0.29, 0.717) is 27.4 Å². The number of aromatic nitrogens is 4. The van der Waals surface area contributed by atoms with Gasteiger partial charge in [-0.2, -0.15) is 5.10 Å². The van der Waals surface area contributed by atoms with Crippen LogP contribution < -0.4 is 16.4 Å². The van der Waals surface area contributed by atoms with E-state index in [2.05, 4.69) is 25.7 Å². The van der Waals surface area contributed by atoms with Crippen molar-refractivity contribution >= 4 is 40.0 Å². The lowest BCUT2D eigenvalue weighted by molar-refractivity contribution is 0.102. The van der Waals surface area contributed by atoms with Gasteiger partial charge in [0.25, 0.3) is 5.91 Å². The number of anilines is 2. The van der Waals surface area contributed by atoms with Crippen molar-refractivity contribution in [3.05, 3.63) is 65.2 Å². The topological polar surface area (TPSA) is 111 Å². The second-order valence-electron chi connectivity index (χ2n) is 7.18. The third-order valence-corrected chi connectivity index (χ3v) is 5.49. The van der Waals surface area contributed by atoms with Gasteiger partial charge in [0.05, 0.1) is 28.2 Å². The van der Waals surface area contributed by atoms with Crippen LogP contribution in [0.1, 0.15) is 16.4 Å². The Bertz CT molecular complexity index is 1300. The van der Waals surface area contributed by atoms with E-state index in [1.165, 1.54) is 18.3 Å². The van der Waals surface area contributed by atoms with Gasteiger partial charge in [-0.1, -0.05) is 17.7 Å². The maximum absolute atomic E-state index is 15.1. The molecule has 0 spiro atoms. The van der Waals surface area contributed by atoms with E-state index in [1.54, 1.807) is 29.1 Å². The third-order valence-electron chi connectivity index (χ3n) is 5.21. The molecule has 1 aliphatic rings. The maximum Gasteiger partial charge on any atom is 0.256 e. The lowest BCUT2D eigenvalue weighted by atomic mass is 10.0. The van der Waals surface area contributed by atoms with Crippen LogP contribution in [0.5, 0.6) is 0 Å². The number of carbonyl (C=O) groups is 1. The Labute approximate surface area is 181 Å². The fraction of sp³-hybridized carbons (Fsp3) is 0.143. The van der Waals surface area contributed by atoms with Crippen LogP contribution in [0.4, 0.5) is 16.0 Å². The minimum Gasteiger partial charge on any atom is -0.383 e. The summed E-state index contributed by atoms with van der Waals surface area (Å²) in [5, 5.41) is 11.3. The molecule has 1 saturated heterocycles. The zero-order valence-electron chi connectivity index (χ0n) is 16.1. The largest absolute Gasteiger partial charge is 0.383 e. The fourth-order valence-corrected chi connectivity index (χ4v) is 3.76.